The molecule has 1 heterocycles. The number of nitrogens with zero attached hydrogens (tertiary/aromatic N) is 2. The molecule has 15 heavy (non-hydrogen) atoms. The van der Waals surface area contributed by atoms with E-state index >= 15 is 0 Å². The summed E-state index contributed by atoms with van der Waals surface area (Å²) in [5.41, 5.74) is 0. The molecular weight excluding hydrogens is 258 g/mol. The number of hydrogen-bond donors (Lipinski definition) is 1. The highest BCUT2D eigenvalue weighted by Gasteiger charge is 1.96. The lowest BCUT2D eigenvalue weighted by Crippen LogP contribution is -2.12. The molecule has 0 radical (unpaired) electrons. The number of aromatic nitrogens is 2. The number of anilines is 1. The van der Waals surface area contributed by atoms with Crippen LogP contribution in [0.25, 0.3) is 0 Å². The Morgan fingerprint density at radius 1 is 1.47 bits per heavy atom. The fourth-order valence-corrected chi connectivity index (χ4v) is 1.31. The predicted octanol–water partition coefficient (Wildman–Crippen LogP) is 2.32. The van der Waals surface area contributed by atoms with Crippen LogP contribution in [0.4, 0.5) is 5.82 Å². The molecular formula is C10H16BrN3O. The SMILES string of the molecule is CC(C)COCCNc1cc(Br)ncn1. The van der Waals surface area contributed by atoms with Crippen LogP contribution in [0, 0.1) is 5.92 Å². The van der Waals surface area contributed by atoms with Gasteiger partial charge in [0, 0.05) is 19.2 Å². The number of hydrogen-bond acceptors (Lipinski definition) is 4. The van der Waals surface area contributed by atoms with E-state index in [0.717, 1.165) is 23.6 Å². The maximum atomic E-state index is 5.43. The summed E-state index contributed by atoms with van der Waals surface area (Å²) < 4.78 is 6.21. The van der Waals surface area contributed by atoms with Crippen molar-refractivity contribution in [1.29, 1.82) is 0 Å². The zero-order valence-corrected chi connectivity index (χ0v) is 10.6. The van der Waals surface area contributed by atoms with Gasteiger partial charge in [-0.05, 0) is 21.8 Å². The summed E-state index contributed by atoms with van der Waals surface area (Å²) in [6, 6.07) is 1.84. The first-order valence-corrected chi connectivity index (χ1v) is 5.77. The zero-order chi connectivity index (χ0) is 11.1. The van der Waals surface area contributed by atoms with Crippen LogP contribution in [0.15, 0.2) is 17.0 Å². The molecule has 0 bridgehead atoms. The molecule has 0 saturated carbocycles. The number of nitrogens with one attached hydrogen (secondary N) is 1. The van der Waals surface area contributed by atoms with Crippen LogP contribution in [0.3, 0.4) is 0 Å². The minimum absolute atomic E-state index is 0.582. The van der Waals surface area contributed by atoms with E-state index < -0.39 is 0 Å². The van der Waals surface area contributed by atoms with Crippen molar-refractivity contribution >= 4 is 21.7 Å². The Hall–Kier alpha value is -0.680. The quantitative estimate of drug-likeness (QED) is 0.639. The molecule has 0 saturated heterocycles. The Kier molecular flexibility index (Phi) is 5.57. The van der Waals surface area contributed by atoms with Crippen molar-refractivity contribution in [1.82, 2.24) is 9.97 Å². The van der Waals surface area contributed by atoms with E-state index in [0.29, 0.717) is 12.5 Å². The summed E-state index contributed by atoms with van der Waals surface area (Å²) >= 11 is 3.28. The Morgan fingerprint density at radius 3 is 2.93 bits per heavy atom. The molecule has 0 amide bonds. The molecule has 4 nitrogen and oxygen atoms in total. The normalized spacial score (nSPS) is 10.7. The maximum absolute atomic E-state index is 5.43. The number of ether oxygens (including phenoxy) is 1. The molecule has 5 heteroatoms. The van der Waals surface area contributed by atoms with Gasteiger partial charge in [-0.15, -0.1) is 0 Å². The highest BCUT2D eigenvalue weighted by molar-refractivity contribution is 9.10. The third-order valence-corrected chi connectivity index (χ3v) is 2.07. The van der Waals surface area contributed by atoms with Gasteiger partial charge in [-0.25, -0.2) is 9.97 Å². The van der Waals surface area contributed by atoms with Crippen molar-refractivity contribution in [3.8, 4) is 0 Å². The van der Waals surface area contributed by atoms with Crippen LogP contribution < -0.4 is 5.32 Å². The van der Waals surface area contributed by atoms with E-state index in [-0.39, 0.29) is 0 Å². The van der Waals surface area contributed by atoms with Gasteiger partial charge in [0.2, 0.25) is 0 Å². The summed E-state index contributed by atoms with van der Waals surface area (Å²) in [5.74, 6) is 1.39. The molecule has 0 spiro atoms. The molecule has 1 aromatic rings. The van der Waals surface area contributed by atoms with Crippen molar-refractivity contribution in [2.24, 2.45) is 5.92 Å². The molecule has 0 atom stereocenters. The molecule has 0 aliphatic rings. The van der Waals surface area contributed by atoms with Crippen LogP contribution in [-0.2, 0) is 4.74 Å². The first-order chi connectivity index (χ1) is 7.18. The van der Waals surface area contributed by atoms with Crippen LogP contribution >= 0.6 is 15.9 Å². The molecule has 0 unspecified atom stereocenters. The van der Waals surface area contributed by atoms with Crippen molar-refractivity contribution in [2.45, 2.75) is 13.8 Å². The van der Waals surface area contributed by atoms with Gasteiger partial charge in [0.15, 0.2) is 0 Å². The molecule has 1 rings (SSSR count). The van der Waals surface area contributed by atoms with Gasteiger partial charge in [0.05, 0.1) is 6.61 Å². The molecule has 84 valence electrons. The van der Waals surface area contributed by atoms with Gasteiger partial charge in [-0.1, -0.05) is 13.8 Å². The van der Waals surface area contributed by atoms with E-state index in [1.54, 1.807) is 0 Å². The smallest absolute Gasteiger partial charge is 0.130 e. The zero-order valence-electron chi connectivity index (χ0n) is 9.03. The van der Waals surface area contributed by atoms with Crippen LogP contribution in [0.2, 0.25) is 0 Å². The fraction of sp³-hybridized carbons (Fsp3) is 0.600. The summed E-state index contributed by atoms with van der Waals surface area (Å²) in [6.07, 6.45) is 1.52. The van der Waals surface area contributed by atoms with Gasteiger partial charge in [-0.3, -0.25) is 0 Å². The minimum atomic E-state index is 0.582. The number of halogens is 1. The van der Waals surface area contributed by atoms with Crippen LogP contribution in [0.1, 0.15) is 13.8 Å². The monoisotopic (exact) mass is 273 g/mol. The van der Waals surface area contributed by atoms with Crippen molar-refractivity contribution in [3.63, 3.8) is 0 Å². The average molecular weight is 274 g/mol. The molecule has 0 aliphatic heterocycles. The van der Waals surface area contributed by atoms with E-state index in [1.165, 1.54) is 6.33 Å². The molecule has 1 aromatic heterocycles. The fourth-order valence-electron chi connectivity index (χ4n) is 1.00. The number of rotatable bonds is 6. The second-order valence-corrected chi connectivity index (χ2v) is 4.43. The van der Waals surface area contributed by atoms with Gasteiger partial charge in [0.25, 0.3) is 0 Å². The van der Waals surface area contributed by atoms with Crippen LogP contribution in [0.5, 0.6) is 0 Å². The summed E-state index contributed by atoms with van der Waals surface area (Å²) in [5, 5.41) is 3.15. The molecule has 0 fully saturated rings. The first kappa shape index (κ1) is 12.4. The van der Waals surface area contributed by atoms with E-state index in [2.05, 4.69) is 45.1 Å². The van der Waals surface area contributed by atoms with Gasteiger partial charge in [-0.2, -0.15) is 0 Å². The Labute approximate surface area is 98.6 Å². The third-order valence-electron chi connectivity index (χ3n) is 1.64. The lowest BCUT2D eigenvalue weighted by molar-refractivity contribution is 0.118. The molecule has 0 aliphatic carbocycles. The third kappa shape index (κ3) is 5.69. The Morgan fingerprint density at radius 2 is 2.27 bits per heavy atom. The average Bonchev–Trinajstić information content (AvgIpc) is 2.17. The summed E-state index contributed by atoms with van der Waals surface area (Å²) in [6.45, 7) is 6.52. The van der Waals surface area contributed by atoms with E-state index in [1.807, 2.05) is 6.07 Å². The lowest BCUT2D eigenvalue weighted by Gasteiger charge is -2.08. The van der Waals surface area contributed by atoms with Crippen LogP contribution in [-0.4, -0.2) is 29.7 Å². The van der Waals surface area contributed by atoms with Gasteiger partial charge in [0.1, 0.15) is 16.7 Å². The largest absolute Gasteiger partial charge is 0.379 e. The van der Waals surface area contributed by atoms with Crippen molar-refractivity contribution in [3.05, 3.63) is 17.0 Å². The maximum Gasteiger partial charge on any atom is 0.130 e. The van der Waals surface area contributed by atoms with Gasteiger partial charge < -0.3 is 10.1 Å². The second kappa shape index (κ2) is 6.74. The topological polar surface area (TPSA) is 47.0 Å². The van der Waals surface area contributed by atoms with E-state index in [9.17, 15) is 0 Å². The second-order valence-electron chi connectivity index (χ2n) is 3.62. The van der Waals surface area contributed by atoms with Crippen molar-refractivity contribution in [2.75, 3.05) is 25.1 Å². The van der Waals surface area contributed by atoms with Gasteiger partial charge >= 0.3 is 0 Å². The minimum Gasteiger partial charge on any atom is -0.379 e. The predicted molar refractivity (Wildman–Crippen MR) is 63.9 cm³/mol. The summed E-state index contributed by atoms with van der Waals surface area (Å²) in [4.78, 5) is 8.01. The first-order valence-electron chi connectivity index (χ1n) is 4.97. The molecule has 0 aromatic carbocycles. The Bertz CT molecular complexity index is 294. The highest BCUT2D eigenvalue weighted by atomic mass is 79.9. The molecule has 1 N–H and O–H groups in total. The van der Waals surface area contributed by atoms with E-state index in [4.69, 9.17) is 4.74 Å². The van der Waals surface area contributed by atoms with Crippen molar-refractivity contribution < 1.29 is 4.74 Å². The lowest BCUT2D eigenvalue weighted by atomic mass is 10.2. The summed E-state index contributed by atoms with van der Waals surface area (Å²) in [7, 11) is 0. The Balaban J connectivity index is 2.15. The highest BCUT2D eigenvalue weighted by Crippen LogP contribution is 2.08. The standard InChI is InChI=1S/C10H16BrN3O/c1-8(2)6-15-4-3-12-10-5-9(11)13-7-14-10/h5,7-8H,3-4,6H2,1-2H3,(H,12,13,14).